The molecule has 1 amide bonds. The Labute approximate surface area is 244 Å². The third-order valence-corrected chi connectivity index (χ3v) is 10.0. The highest BCUT2D eigenvalue weighted by Gasteiger charge is 2.42. The Morgan fingerprint density at radius 2 is 1.88 bits per heavy atom. The molecule has 2 aromatic heterocycles. The quantitative estimate of drug-likeness (QED) is 0.354. The van der Waals surface area contributed by atoms with Gasteiger partial charge in [0, 0.05) is 25.5 Å². The van der Waals surface area contributed by atoms with Crippen LogP contribution in [0.2, 0.25) is 0 Å². The number of carbonyl (C=O) groups is 1. The summed E-state index contributed by atoms with van der Waals surface area (Å²) in [5.74, 6) is -1.32. The van der Waals surface area contributed by atoms with E-state index in [4.69, 9.17) is 9.84 Å². The minimum absolute atomic E-state index is 0.00488. The summed E-state index contributed by atoms with van der Waals surface area (Å²) in [6.07, 6.45) is 0.0251. The number of pyridine rings is 2. The topological polar surface area (TPSA) is 122 Å². The number of halogens is 3. The van der Waals surface area contributed by atoms with Gasteiger partial charge in [-0.15, -0.1) is 0 Å². The minimum atomic E-state index is -4.13. The maximum Gasteiger partial charge on any atom is 0.391 e. The van der Waals surface area contributed by atoms with E-state index in [9.17, 15) is 26.4 Å². The Hall–Kier alpha value is -2.61. The van der Waals surface area contributed by atoms with Crippen LogP contribution in [0.25, 0.3) is 0 Å². The Bertz CT molecular complexity index is 1330. The monoisotopic (exact) mass is 612 g/mol. The summed E-state index contributed by atoms with van der Waals surface area (Å²) in [5, 5.41) is 12.0. The van der Waals surface area contributed by atoms with E-state index in [1.807, 2.05) is 0 Å². The summed E-state index contributed by atoms with van der Waals surface area (Å²) in [6.45, 7) is 6.29. The number of fused-ring (bicyclic) bond motifs is 1. The molecule has 1 aliphatic carbocycles. The minimum Gasteiger partial charge on any atom is -0.371 e. The Morgan fingerprint density at radius 3 is 2.45 bits per heavy atom. The molecule has 0 unspecified atom stereocenters. The number of rotatable bonds is 11. The van der Waals surface area contributed by atoms with Gasteiger partial charge in [0.05, 0.1) is 52.2 Å². The number of nitrogens with one attached hydrogen (secondary N) is 1. The smallest absolute Gasteiger partial charge is 0.371 e. The molecule has 9 nitrogen and oxygen atoms in total. The zero-order valence-corrected chi connectivity index (χ0v) is 24.9. The third kappa shape index (κ3) is 7.47. The molecular weight excluding hydrogens is 573 g/mol. The highest BCUT2D eigenvalue weighted by molar-refractivity contribution is 7.91. The van der Waals surface area contributed by atoms with Gasteiger partial charge in [-0.2, -0.15) is 13.2 Å². The zero-order chi connectivity index (χ0) is 30.7. The second-order valence-electron chi connectivity index (χ2n) is 11.5. The van der Waals surface area contributed by atoms with E-state index in [0.29, 0.717) is 37.2 Å². The lowest BCUT2D eigenvalue weighted by molar-refractivity contribution is -0.184. The first kappa shape index (κ1) is 32.3. The first-order chi connectivity index (χ1) is 19.8. The molecule has 2 atom stereocenters. The Balaban J connectivity index is 1.47. The van der Waals surface area contributed by atoms with Gasteiger partial charge < -0.3 is 15.2 Å². The molecule has 13 heteroatoms. The molecule has 1 saturated carbocycles. The van der Waals surface area contributed by atoms with Gasteiger partial charge in [0.1, 0.15) is 6.79 Å². The number of hydrogen-bond acceptors (Lipinski definition) is 8. The van der Waals surface area contributed by atoms with Crippen LogP contribution in [0, 0.1) is 17.8 Å². The number of sulfone groups is 1. The highest BCUT2D eigenvalue weighted by Crippen LogP contribution is 2.43. The molecule has 1 fully saturated rings. The summed E-state index contributed by atoms with van der Waals surface area (Å²) in [5.41, 5.74) is 2.47. The van der Waals surface area contributed by atoms with Gasteiger partial charge in [-0.25, -0.2) is 8.42 Å². The molecule has 1 aliphatic heterocycles. The van der Waals surface area contributed by atoms with E-state index in [0.717, 1.165) is 11.3 Å². The van der Waals surface area contributed by atoms with E-state index in [1.165, 1.54) is 31.5 Å². The zero-order valence-electron chi connectivity index (χ0n) is 24.1. The molecule has 2 N–H and O–H groups in total. The molecule has 0 radical (unpaired) electrons. The first-order valence-corrected chi connectivity index (χ1v) is 16.0. The second kappa shape index (κ2) is 13.4. The maximum atomic E-state index is 13.3. The van der Waals surface area contributed by atoms with Crippen LogP contribution in [0.1, 0.15) is 85.8 Å². The fraction of sp³-hybridized carbons (Fsp3) is 0.621. The molecule has 2 aromatic rings. The predicted octanol–water partition coefficient (Wildman–Crippen LogP) is 4.59. The van der Waals surface area contributed by atoms with Crippen molar-refractivity contribution in [3.05, 3.63) is 53.1 Å². The van der Waals surface area contributed by atoms with Crippen molar-refractivity contribution in [3.63, 3.8) is 0 Å². The molecule has 42 heavy (non-hydrogen) atoms. The first-order valence-electron chi connectivity index (χ1n) is 14.3. The van der Waals surface area contributed by atoms with Crippen molar-refractivity contribution in [2.24, 2.45) is 17.8 Å². The largest absolute Gasteiger partial charge is 0.391 e. The van der Waals surface area contributed by atoms with Gasteiger partial charge in [-0.1, -0.05) is 20.8 Å². The van der Waals surface area contributed by atoms with E-state index >= 15 is 0 Å². The summed E-state index contributed by atoms with van der Waals surface area (Å²) < 4.78 is 68.8. The van der Waals surface area contributed by atoms with Crippen LogP contribution >= 0.6 is 0 Å². The lowest BCUT2D eigenvalue weighted by atomic mass is 9.81. The van der Waals surface area contributed by atoms with Crippen LogP contribution < -0.4 is 5.32 Å². The van der Waals surface area contributed by atoms with Crippen molar-refractivity contribution in [1.82, 2.24) is 20.2 Å². The number of amides is 1. The second-order valence-corrected chi connectivity index (χ2v) is 13.8. The van der Waals surface area contributed by atoms with Crippen LogP contribution in [-0.4, -0.2) is 66.2 Å². The molecule has 3 heterocycles. The standard InChI is InChI=1S/C29H39F3N4O5S/c1-4-42(39,40)23-9-10-24(33-13-23)25(16-41-17-37)35-28(38)20-11-21-15-36(27(18(2)3)26(21)34-12-20)14-19-5-7-22(8-6-19)29(30,31)32/h9-13,18-19,22,25,27,37H,4-8,14-17H2,1-3H3,(H,35,38)/t19?,22?,25-,27+/m1/s1. The predicted molar refractivity (Wildman–Crippen MR) is 149 cm³/mol. The van der Waals surface area contributed by atoms with E-state index < -0.39 is 40.7 Å². The van der Waals surface area contributed by atoms with Gasteiger partial charge in [0.15, 0.2) is 9.84 Å². The summed E-state index contributed by atoms with van der Waals surface area (Å²) in [4.78, 5) is 24.5. The van der Waals surface area contributed by atoms with E-state index in [1.54, 1.807) is 6.07 Å². The molecule has 0 bridgehead atoms. The molecule has 0 saturated heterocycles. The summed E-state index contributed by atoms with van der Waals surface area (Å²) in [6, 6.07) is 3.96. The number of aromatic nitrogens is 2. The third-order valence-electron chi connectivity index (χ3n) is 8.28. The average molecular weight is 613 g/mol. The molecule has 232 valence electrons. The number of carbonyl (C=O) groups excluding carboxylic acids is 1. The number of alkyl halides is 3. The number of aliphatic hydroxyl groups is 1. The van der Waals surface area contributed by atoms with Gasteiger partial charge >= 0.3 is 6.18 Å². The number of aliphatic hydroxyl groups excluding tert-OH is 1. The van der Waals surface area contributed by atoms with E-state index in [-0.39, 0.29) is 48.0 Å². The molecule has 0 aromatic carbocycles. The lowest BCUT2D eigenvalue weighted by Gasteiger charge is -2.35. The van der Waals surface area contributed by atoms with Crippen molar-refractivity contribution >= 4 is 15.7 Å². The fourth-order valence-corrected chi connectivity index (χ4v) is 6.83. The normalized spacial score (nSPS) is 22.2. The fourth-order valence-electron chi connectivity index (χ4n) is 6.01. The van der Waals surface area contributed by atoms with Crippen LogP contribution in [-0.2, 0) is 21.1 Å². The Kier molecular flexibility index (Phi) is 10.3. The molecular formula is C29H39F3N4O5S. The van der Waals surface area contributed by atoms with Gasteiger partial charge in [-0.3, -0.25) is 19.7 Å². The van der Waals surface area contributed by atoms with Crippen molar-refractivity contribution in [1.29, 1.82) is 0 Å². The van der Waals surface area contributed by atoms with Gasteiger partial charge in [-0.05, 0) is 61.3 Å². The van der Waals surface area contributed by atoms with E-state index in [2.05, 4.69) is 34.0 Å². The van der Waals surface area contributed by atoms with Crippen LogP contribution in [0.15, 0.2) is 35.5 Å². The van der Waals surface area contributed by atoms with Crippen molar-refractivity contribution in [3.8, 4) is 0 Å². The van der Waals surface area contributed by atoms with Crippen LogP contribution in [0.4, 0.5) is 13.2 Å². The van der Waals surface area contributed by atoms with Gasteiger partial charge in [0.2, 0.25) is 0 Å². The molecule has 0 spiro atoms. The number of nitrogens with zero attached hydrogens (tertiary/aromatic N) is 3. The van der Waals surface area contributed by atoms with Gasteiger partial charge in [0.25, 0.3) is 5.91 Å². The molecule has 4 rings (SSSR count). The van der Waals surface area contributed by atoms with Crippen molar-refractivity contribution in [2.45, 2.75) is 76.2 Å². The van der Waals surface area contributed by atoms with Crippen molar-refractivity contribution in [2.75, 3.05) is 25.7 Å². The lowest BCUT2D eigenvalue weighted by Crippen LogP contribution is -2.35. The number of ether oxygens (including phenoxy) is 1. The van der Waals surface area contributed by atoms with Crippen LogP contribution in [0.3, 0.4) is 0 Å². The maximum absolute atomic E-state index is 13.3. The Morgan fingerprint density at radius 1 is 1.17 bits per heavy atom. The average Bonchev–Trinajstić information content (AvgIpc) is 3.32. The molecule has 2 aliphatic rings. The van der Waals surface area contributed by atoms with Crippen molar-refractivity contribution < 1.29 is 36.2 Å². The summed E-state index contributed by atoms with van der Waals surface area (Å²) >= 11 is 0. The number of hydrogen-bond donors (Lipinski definition) is 2. The SMILES string of the molecule is CCS(=O)(=O)c1ccc([C@@H](COCO)NC(=O)c2cnc3c(c2)CN(CC2CCC(C(F)(F)F)CC2)[C@H]3C(C)C)nc1. The summed E-state index contributed by atoms with van der Waals surface area (Å²) in [7, 11) is -3.44. The highest BCUT2D eigenvalue weighted by atomic mass is 32.2. The van der Waals surface area contributed by atoms with Crippen LogP contribution in [0.5, 0.6) is 0 Å².